The summed E-state index contributed by atoms with van der Waals surface area (Å²) in [5, 5.41) is 6.77. The monoisotopic (exact) mass is 355 g/mol. The number of nitrogens with one attached hydrogen (secondary N) is 2. The second kappa shape index (κ2) is 8.65. The molecule has 0 spiro atoms. The lowest BCUT2D eigenvalue weighted by Crippen LogP contribution is -2.44. The maximum Gasteiger partial charge on any atom is 0.191 e. The molecule has 1 saturated heterocycles. The summed E-state index contributed by atoms with van der Waals surface area (Å²) in [5.41, 5.74) is 2.46. The Hall–Kier alpha value is -2.63. The van der Waals surface area contributed by atoms with Crippen LogP contribution in [0.25, 0.3) is 0 Å². The Balaban J connectivity index is 1.63. The third kappa shape index (κ3) is 4.50. The second-order valence-corrected chi connectivity index (χ2v) is 6.51. The Bertz CT molecular complexity index is 761. The largest absolute Gasteiger partial charge is 0.357 e. The number of guanidine groups is 1. The average Bonchev–Trinajstić information content (AvgIpc) is 3.10. The van der Waals surface area contributed by atoms with E-state index in [4.69, 9.17) is 4.99 Å². The van der Waals surface area contributed by atoms with Crippen LogP contribution in [0.1, 0.15) is 24.5 Å². The summed E-state index contributed by atoms with van der Waals surface area (Å²) in [6.07, 6.45) is 2.55. The van der Waals surface area contributed by atoms with Gasteiger partial charge in [-0.15, -0.1) is 0 Å². The Morgan fingerprint density at radius 2 is 2.15 bits per heavy atom. The van der Waals surface area contributed by atoms with Crippen molar-refractivity contribution in [1.29, 1.82) is 0 Å². The van der Waals surface area contributed by atoms with Crippen LogP contribution >= 0.6 is 0 Å². The smallest absolute Gasteiger partial charge is 0.191 e. The normalized spacial score (nSPS) is 17.4. The first-order valence-electron chi connectivity index (χ1n) is 9.12. The Labute approximate surface area is 154 Å². The fourth-order valence-corrected chi connectivity index (χ4v) is 3.15. The summed E-state index contributed by atoms with van der Waals surface area (Å²) in [4.78, 5) is 10.9. The van der Waals surface area contributed by atoms with Crippen molar-refractivity contribution < 1.29 is 4.39 Å². The van der Waals surface area contributed by atoms with Crippen molar-refractivity contribution in [3.63, 3.8) is 0 Å². The molecule has 1 aliphatic heterocycles. The lowest BCUT2D eigenvalue weighted by atomic mass is 10.1. The molecule has 0 radical (unpaired) electrons. The number of rotatable bonds is 5. The third-order valence-electron chi connectivity index (χ3n) is 4.58. The fourth-order valence-electron chi connectivity index (χ4n) is 3.15. The number of benzene rings is 1. The summed E-state index contributed by atoms with van der Waals surface area (Å²) in [6.45, 7) is 7.07. The number of pyridine rings is 1. The molecule has 1 atom stereocenters. The van der Waals surface area contributed by atoms with Crippen molar-refractivity contribution >= 4 is 11.8 Å². The minimum Gasteiger partial charge on any atom is -0.357 e. The molecule has 0 amide bonds. The van der Waals surface area contributed by atoms with E-state index >= 15 is 0 Å². The molecule has 1 aliphatic rings. The molecule has 5 nitrogen and oxygen atoms in total. The minimum absolute atomic E-state index is 0.214. The summed E-state index contributed by atoms with van der Waals surface area (Å²) in [7, 11) is 0. The van der Waals surface area contributed by atoms with E-state index in [0.29, 0.717) is 18.9 Å². The van der Waals surface area contributed by atoms with E-state index in [-0.39, 0.29) is 11.9 Å². The predicted molar refractivity (Wildman–Crippen MR) is 104 cm³/mol. The van der Waals surface area contributed by atoms with Gasteiger partial charge in [0.05, 0.1) is 6.54 Å². The van der Waals surface area contributed by atoms with E-state index in [1.54, 1.807) is 12.3 Å². The quantitative estimate of drug-likeness (QED) is 0.640. The topological polar surface area (TPSA) is 52.6 Å². The van der Waals surface area contributed by atoms with Crippen LogP contribution in [0.5, 0.6) is 0 Å². The van der Waals surface area contributed by atoms with Crippen LogP contribution in [0.2, 0.25) is 0 Å². The molecule has 1 fully saturated rings. The zero-order valence-electron chi connectivity index (χ0n) is 15.4. The molecule has 2 aromatic rings. The second-order valence-electron chi connectivity index (χ2n) is 6.51. The van der Waals surface area contributed by atoms with Gasteiger partial charge in [-0.2, -0.15) is 0 Å². The molecule has 3 rings (SSSR count). The van der Waals surface area contributed by atoms with Crippen molar-refractivity contribution in [2.75, 3.05) is 24.5 Å². The van der Waals surface area contributed by atoms with Crippen molar-refractivity contribution in [1.82, 2.24) is 15.6 Å². The standard InChI is InChI=1S/C20H26FN5/c1-3-22-20(24-13-16-8-5-4-7-15(16)2)25-17-10-12-26(14-17)19-18(21)9-6-11-23-19/h4-9,11,17H,3,10,12-14H2,1-2H3,(H2,22,24,25). The van der Waals surface area contributed by atoms with Crippen LogP contribution in [0.4, 0.5) is 10.2 Å². The molecular weight excluding hydrogens is 329 g/mol. The molecular formula is C20H26FN5. The highest BCUT2D eigenvalue weighted by Gasteiger charge is 2.25. The van der Waals surface area contributed by atoms with E-state index in [1.165, 1.54) is 17.2 Å². The van der Waals surface area contributed by atoms with Gasteiger partial charge in [0.1, 0.15) is 0 Å². The van der Waals surface area contributed by atoms with Gasteiger partial charge in [-0.3, -0.25) is 0 Å². The summed E-state index contributed by atoms with van der Waals surface area (Å²) in [5.74, 6) is 0.955. The molecule has 1 aromatic carbocycles. The molecule has 1 aromatic heterocycles. The van der Waals surface area contributed by atoms with Gasteiger partial charge in [0.2, 0.25) is 0 Å². The van der Waals surface area contributed by atoms with E-state index in [9.17, 15) is 4.39 Å². The SMILES string of the molecule is CCNC(=NCc1ccccc1C)NC1CCN(c2ncccc2F)C1. The van der Waals surface area contributed by atoms with Gasteiger partial charge < -0.3 is 15.5 Å². The number of anilines is 1. The van der Waals surface area contributed by atoms with Gasteiger partial charge in [0.15, 0.2) is 17.6 Å². The average molecular weight is 355 g/mol. The van der Waals surface area contributed by atoms with Gasteiger partial charge in [-0.1, -0.05) is 24.3 Å². The van der Waals surface area contributed by atoms with Crippen LogP contribution in [0.3, 0.4) is 0 Å². The van der Waals surface area contributed by atoms with Crippen LogP contribution in [-0.2, 0) is 6.54 Å². The highest BCUT2D eigenvalue weighted by molar-refractivity contribution is 5.80. The molecule has 138 valence electrons. The Morgan fingerprint density at radius 1 is 1.31 bits per heavy atom. The van der Waals surface area contributed by atoms with Gasteiger partial charge >= 0.3 is 0 Å². The maximum absolute atomic E-state index is 13.9. The highest BCUT2D eigenvalue weighted by Crippen LogP contribution is 2.20. The summed E-state index contributed by atoms with van der Waals surface area (Å²) in [6, 6.07) is 11.6. The third-order valence-corrected chi connectivity index (χ3v) is 4.58. The zero-order valence-corrected chi connectivity index (χ0v) is 15.4. The first-order chi connectivity index (χ1) is 12.7. The molecule has 1 unspecified atom stereocenters. The molecule has 26 heavy (non-hydrogen) atoms. The minimum atomic E-state index is -0.270. The van der Waals surface area contributed by atoms with Crippen molar-refractivity contribution in [3.05, 3.63) is 59.5 Å². The molecule has 2 N–H and O–H groups in total. The molecule has 2 heterocycles. The number of hydrogen-bond acceptors (Lipinski definition) is 3. The zero-order chi connectivity index (χ0) is 18.4. The van der Waals surface area contributed by atoms with Crippen molar-refractivity contribution in [2.45, 2.75) is 32.9 Å². The highest BCUT2D eigenvalue weighted by atomic mass is 19.1. The van der Waals surface area contributed by atoms with Gasteiger partial charge in [-0.25, -0.2) is 14.4 Å². The van der Waals surface area contributed by atoms with Gasteiger partial charge in [-0.05, 0) is 43.5 Å². The fraction of sp³-hybridized carbons (Fsp3) is 0.400. The molecule has 0 saturated carbocycles. The van der Waals surface area contributed by atoms with E-state index in [2.05, 4.69) is 41.6 Å². The number of aliphatic imine (C=N–C) groups is 1. The first-order valence-corrected chi connectivity index (χ1v) is 9.12. The number of halogens is 1. The summed E-state index contributed by atoms with van der Waals surface area (Å²) < 4.78 is 13.9. The van der Waals surface area contributed by atoms with Crippen molar-refractivity contribution in [3.8, 4) is 0 Å². The molecule has 0 bridgehead atoms. The first kappa shape index (κ1) is 18.2. The Morgan fingerprint density at radius 3 is 2.92 bits per heavy atom. The van der Waals surface area contributed by atoms with E-state index in [0.717, 1.165) is 25.5 Å². The predicted octanol–water partition coefficient (Wildman–Crippen LogP) is 2.86. The number of aromatic nitrogens is 1. The number of hydrogen-bond donors (Lipinski definition) is 2. The van der Waals surface area contributed by atoms with Gasteiger partial charge in [0.25, 0.3) is 0 Å². The van der Waals surface area contributed by atoms with Crippen LogP contribution in [-0.4, -0.2) is 36.6 Å². The Kier molecular flexibility index (Phi) is 6.04. The summed E-state index contributed by atoms with van der Waals surface area (Å²) >= 11 is 0. The van der Waals surface area contributed by atoms with Crippen LogP contribution in [0, 0.1) is 12.7 Å². The molecule has 6 heteroatoms. The van der Waals surface area contributed by atoms with E-state index in [1.807, 2.05) is 17.0 Å². The van der Waals surface area contributed by atoms with Gasteiger partial charge in [0, 0.05) is 31.9 Å². The molecule has 0 aliphatic carbocycles. The number of nitrogens with zero attached hydrogens (tertiary/aromatic N) is 3. The lowest BCUT2D eigenvalue weighted by Gasteiger charge is -2.20. The number of aryl methyl sites for hydroxylation is 1. The van der Waals surface area contributed by atoms with Crippen molar-refractivity contribution in [2.24, 2.45) is 4.99 Å². The maximum atomic E-state index is 13.9. The van der Waals surface area contributed by atoms with E-state index < -0.39 is 0 Å². The van der Waals surface area contributed by atoms with Crippen LogP contribution < -0.4 is 15.5 Å². The van der Waals surface area contributed by atoms with Crippen LogP contribution in [0.15, 0.2) is 47.6 Å². The lowest BCUT2D eigenvalue weighted by molar-refractivity contribution is 0.612.